The zero-order valence-electron chi connectivity index (χ0n) is 22.1. The highest BCUT2D eigenvalue weighted by molar-refractivity contribution is 6.14. The van der Waals surface area contributed by atoms with Crippen LogP contribution in [0.4, 0.5) is 0 Å². The summed E-state index contributed by atoms with van der Waals surface area (Å²) in [5.74, 6) is 0.701. The second-order valence-electron chi connectivity index (χ2n) is 9.61. The van der Waals surface area contributed by atoms with E-state index in [1.165, 1.54) is 0 Å². The summed E-state index contributed by atoms with van der Waals surface area (Å²) in [6, 6.07) is 44.7. The van der Waals surface area contributed by atoms with Crippen molar-refractivity contribution in [3.8, 4) is 33.9 Å². The minimum atomic E-state index is 0.701. The average molecular weight is 527 g/mol. The van der Waals surface area contributed by atoms with Gasteiger partial charge in [0, 0.05) is 29.1 Å². The minimum absolute atomic E-state index is 0.701. The molecule has 1 radical (unpaired) electrons. The van der Waals surface area contributed by atoms with Gasteiger partial charge in [-0.3, -0.25) is 9.97 Å². The Labute approximate surface area is 238 Å². The lowest BCUT2D eigenvalue weighted by Gasteiger charge is -2.10. The van der Waals surface area contributed by atoms with Crippen molar-refractivity contribution in [2.45, 2.75) is 0 Å². The Balaban J connectivity index is 1.25. The number of hydrogen-bond donors (Lipinski definition) is 0. The third kappa shape index (κ3) is 5.04. The smallest absolute Gasteiger partial charge is 0.160 e. The van der Waals surface area contributed by atoms with Crippen LogP contribution in [0.2, 0.25) is 0 Å². The van der Waals surface area contributed by atoms with Gasteiger partial charge in [0.05, 0.1) is 34.2 Å². The van der Waals surface area contributed by atoms with Crippen LogP contribution in [0, 0.1) is 0 Å². The van der Waals surface area contributed by atoms with Gasteiger partial charge in [0.15, 0.2) is 5.84 Å². The Morgan fingerprint density at radius 3 is 1.41 bits per heavy atom. The molecular weight excluding hydrogens is 502 g/mol. The van der Waals surface area contributed by atoms with Gasteiger partial charge in [-0.2, -0.15) is 0 Å². The standard InChI is InChI=1S/C36H24N5/c1-3-11-26(12-4-1)34-35(27-13-5-2-6-14-27)41-36(40-34)28-19-17-25(18-20-28)29-23-32(30-15-7-9-21-37-30)39-33(24-29)31-16-8-10-22-38-31/h1-24H. The molecule has 0 amide bonds. The summed E-state index contributed by atoms with van der Waals surface area (Å²) in [5, 5.41) is 5.00. The van der Waals surface area contributed by atoms with Crippen molar-refractivity contribution in [2.75, 3.05) is 0 Å². The van der Waals surface area contributed by atoms with Gasteiger partial charge in [-0.15, -0.1) is 0 Å². The van der Waals surface area contributed by atoms with E-state index in [9.17, 15) is 0 Å². The average Bonchev–Trinajstić information content (AvgIpc) is 3.52. The van der Waals surface area contributed by atoms with Gasteiger partial charge in [-0.1, -0.05) is 97.1 Å². The van der Waals surface area contributed by atoms with E-state index in [0.29, 0.717) is 5.84 Å². The lowest BCUT2D eigenvalue weighted by Crippen LogP contribution is -2.11. The van der Waals surface area contributed by atoms with Gasteiger partial charge in [0.1, 0.15) is 0 Å². The fourth-order valence-electron chi connectivity index (χ4n) is 4.87. The number of hydrogen-bond acceptors (Lipinski definition) is 4. The molecule has 3 aromatic carbocycles. The van der Waals surface area contributed by atoms with Gasteiger partial charge in [-0.05, 0) is 47.5 Å². The second-order valence-corrected chi connectivity index (χ2v) is 9.61. The first kappa shape index (κ1) is 24.4. The zero-order valence-corrected chi connectivity index (χ0v) is 22.1. The molecule has 0 spiro atoms. The molecule has 0 N–H and O–H groups in total. The molecule has 4 heterocycles. The third-order valence-electron chi connectivity index (χ3n) is 6.91. The molecule has 0 aliphatic carbocycles. The van der Waals surface area contributed by atoms with Crippen molar-refractivity contribution in [1.82, 2.24) is 20.3 Å². The van der Waals surface area contributed by atoms with Crippen molar-refractivity contribution in [2.24, 2.45) is 4.99 Å². The van der Waals surface area contributed by atoms with E-state index >= 15 is 0 Å². The summed E-state index contributed by atoms with van der Waals surface area (Å²) in [5.41, 5.74) is 10.1. The molecule has 0 atom stereocenters. The van der Waals surface area contributed by atoms with Crippen LogP contribution >= 0.6 is 0 Å². The quantitative estimate of drug-likeness (QED) is 0.223. The van der Waals surface area contributed by atoms with E-state index in [0.717, 1.165) is 62.0 Å². The number of nitrogens with zero attached hydrogens (tertiary/aromatic N) is 5. The lowest BCUT2D eigenvalue weighted by atomic mass is 10.0. The first-order valence-corrected chi connectivity index (χ1v) is 13.4. The molecule has 0 saturated carbocycles. The number of aromatic nitrogens is 3. The fourth-order valence-corrected chi connectivity index (χ4v) is 4.87. The monoisotopic (exact) mass is 526 g/mol. The molecular formula is C36H24N5. The molecule has 1 aliphatic heterocycles. The molecule has 0 saturated heterocycles. The first-order valence-electron chi connectivity index (χ1n) is 13.4. The van der Waals surface area contributed by atoms with E-state index in [-0.39, 0.29) is 0 Å². The SMILES string of the molecule is c1ccc(C2=C(c3ccccc3)N=C(c3ccc(-c4cc(-c5ccccn5)nc(-c5ccccn5)c4)cc3)[N]2)cc1. The highest BCUT2D eigenvalue weighted by Crippen LogP contribution is 2.33. The van der Waals surface area contributed by atoms with Crippen LogP contribution in [-0.4, -0.2) is 20.8 Å². The number of pyridine rings is 3. The summed E-state index contributed by atoms with van der Waals surface area (Å²) in [4.78, 5) is 19.0. The van der Waals surface area contributed by atoms with Crippen LogP contribution in [-0.2, 0) is 0 Å². The summed E-state index contributed by atoms with van der Waals surface area (Å²) in [6.07, 6.45) is 3.57. The Kier molecular flexibility index (Phi) is 6.44. The lowest BCUT2D eigenvalue weighted by molar-refractivity contribution is 1.22. The number of benzene rings is 3. The van der Waals surface area contributed by atoms with Gasteiger partial charge in [0.25, 0.3) is 0 Å². The summed E-state index contributed by atoms with van der Waals surface area (Å²) < 4.78 is 0. The highest BCUT2D eigenvalue weighted by Gasteiger charge is 2.23. The Hall–Kier alpha value is -5.68. The number of rotatable bonds is 6. The van der Waals surface area contributed by atoms with Crippen LogP contribution in [0.15, 0.2) is 151 Å². The molecule has 0 fully saturated rings. The summed E-state index contributed by atoms with van der Waals surface area (Å²) in [6.45, 7) is 0. The van der Waals surface area contributed by atoms with Crippen LogP contribution in [0.25, 0.3) is 45.3 Å². The molecule has 5 nitrogen and oxygen atoms in total. The van der Waals surface area contributed by atoms with E-state index < -0.39 is 0 Å². The maximum absolute atomic E-state index is 5.00. The maximum Gasteiger partial charge on any atom is 0.160 e. The molecule has 3 aromatic heterocycles. The van der Waals surface area contributed by atoms with Crippen molar-refractivity contribution in [1.29, 1.82) is 0 Å². The van der Waals surface area contributed by atoms with E-state index in [1.807, 2.05) is 72.8 Å². The largest absolute Gasteiger partial charge is 0.255 e. The first-order chi connectivity index (χ1) is 20.3. The Morgan fingerprint density at radius 1 is 0.366 bits per heavy atom. The molecule has 41 heavy (non-hydrogen) atoms. The number of amidine groups is 1. The predicted octanol–water partition coefficient (Wildman–Crippen LogP) is 7.76. The van der Waals surface area contributed by atoms with Crippen LogP contribution < -0.4 is 5.32 Å². The van der Waals surface area contributed by atoms with E-state index in [1.54, 1.807) is 12.4 Å². The van der Waals surface area contributed by atoms with Crippen LogP contribution in [0.1, 0.15) is 16.7 Å². The van der Waals surface area contributed by atoms with Crippen molar-refractivity contribution in [3.63, 3.8) is 0 Å². The number of aliphatic imine (C=N–C) groups is 1. The molecule has 193 valence electrons. The highest BCUT2D eigenvalue weighted by atomic mass is 15.1. The van der Waals surface area contributed by atoms with Crippen molar-refractivity contribution >= 4 is 17.2 Å². The summed E-state index contributed by atoms with van der Waals surface area (Å²) in [7, 11) is 0. The Morgan fingerprint density at radius 2 is 0.878 bits per heavy atom. The third-order valence-corrected chi connectivity index (χ3v) is 6.91. The van der Waals surface area contributed by atoms with Crippen LogP contribution in [0.5, 0.6) is 0 Å². The van der Waals surface area contributed by atoms with Crippen LogP contribution in [0.3, 0.4) is 0 Å². The zero-order chi connectivity index (χ0) is 27.4. The maximum atomic E-state index is 5.00. The second kappa shape index (κ2) is 10.8. The van der Waals surface area contributed by atoms with Crippen molar-refractivity contribution in [3.05, 3.63) is 163 Å². The Bertz CT molecular complexity index is 1810. The molecule has 6 aromatic rings. The molecule has 0 unspecified atom stereocenters. The molecule has 5 heteroatoms. The van der Waals surface area contributed by atoms with Gasteiger partial charge < -0.3 is 0 Å². The van der Waals surface area contributed by atoms with E-state index in [2.05, 4.69) is 70.6 Å². The van der Waals surface area contributed by atoms with E-state index in [4.69, 9.17) is 15.3 Å². The minimum Gasteiger partial charge on any atom is -0.255 e. The predicted molar refractivity (Wildman–Crippen MR) is 165 cm³/mol. The topological polar surface area (TPSA) is 65.1 Å². The molecule has 7 rings (SSSR count). The molecule has 1 aliphatic rings. The molecule has 0 bridgehead atoms. The van der Waals surface area contributed by atoms with Gasteiger partial charge in [-0.25, -0.2) is 15.3 Å². The van der Waals surface area contributed by atoms with Gasteiger partial charge in [0.2, 0.25) is 0 Å². The van der Waals surface area contributed by atoms with Crippen molar-refractivity contribution < 1.29 is 0 Å². The summed E-state index contributed by atoms with van der Waals surface area (Å²) >= 11 is 0. The fraction of sp³-hybridized carbons (Fsp3) is 0. The van der Waals surface area contributed by atoms with Gasteiger partial charge >= 0.3 is 0 Å². The normalized spacial score (nSPS) is 12.6.